The summed E-state index contributed by atoms with van der Waals surface area (Å²) < 4.78 is 5.84. The number of ether oxygens (including phenoxy) is 1. The van der Waals surface area contributed by atoms with E-state index in [1.807, 2.05) is 0 Å². The van der Waals surface area contributed by atoms with Crippen LogP contribution in [0.1, 0.15) is 27.2 Å². The lowest BCUT2D eigenvalue weighted by molar-refractivity contribution is 0.0599. The first-order chi connectivity index (χ1) is 6.24. The number of thiophene rings is 1. The average molecular weight is 308 g/mol. The Morgan fingerprint density at radius 2 is 2.31 bits per heavy atom. The maximum absolute atomic E-state index is 11.4. The zero-order chi connectivity index (χ0) is 9.42. The standard InChI is InChI=1S/C9H9IO2S/c1-12-9(11)7-5-3-2-4-6(5)13-8(7)10/h2-4H2,1H3. The minimum absolute atomic E-state index is 0.177. The molecule has 0 atom stereocenters. The van der Waals surface area contributed by atoms with Crippen molar-refractivity contribution in [2.45, 2.75) is 19.3 Å². The van der Waals surface area contributed by atoms with E-state index in [1.54, 1.807) is 11.3 Å². The zero-order valence-electron chi connectivity index (χ0n) is 7.22. The second-order valence-electron chi connectivity index (χ2n) is 3.00. The van der Waals surface area contributed by atoms with Crippen molar-refractivity contribution < 1.29 is 9.53 Å². The SMILES string of the molecule is COC(=O)c1c(I)sc2c1CCC2. The molecule has 0 spiro atoms. The number of fused-ring (bicyclic) bond motifs is 1. The Hall–Kier alpha value is -0.100. The summed E-state index contributed by atoms with van der Waals surface area (Å²) >= 11 is 3.95. The maximum Gasteiger partial charge on any atom is 0.340 e. The van der Waals surface area contributed by atoms with Gasteiger partial charge in [-0.2, -0.15) is 0 Å². The minimum Gasteiger partial charge on any atom is -0.465 e. The molecule has 0 bridgehead atoms. The highest BCUT2D eigenvalue weighted by Gasteiger charge is 2.25. The second kappa shape index (κ2) is 3.57. The molecular formula is C9H9IO2S. The van der Waals surface area contributed by atoms with Gasteiger partial charge in [0.15, 0.2) is 0 Å². The number of hydrogen-bond acceptors (Lipinski definition) is 3. The summed E-state index contributed by atoms with van der Waals surface area (Å²) in [6.07, 6.45) is 3.36. The van der Waals surface area contributed by atoms with Crippen LogP contribution in [0.15, 0.2) is 0 Å². The lowest BCUT2D eigenvalue weighted by Crippen LogP contribution is -2.04. The molecule has 70 valence electrons. The van der Waals surface area contributed by atoms with Gasteiger partial charge in [-0.25, -0.2) is 4.79 Å². The van der Waals surface area contributed by atoms with Gasteiger partial charge in [-0.05, 0) is 47.4 Å². The topological polar surface area (TPSA) is 26.3 Å². The fraction of sp³-hybridized carbons (Fsp3) is 0.444. The van der Waals surface area contributed by atoms with Crippen LogP contribution < -0.4 is 0 Å². The molecule has 0 aromatic carbocycles. The molecule has 0 N–H and O–H groups in total. The molecule has 2 nitrogen and oxygen atoms in total. The highest BCUT2D eigenvalue weighted by atomic mass is 127. The van der Waals surface area contributed by atoms with Crippen LogP contribution in [-0.2, 0) is 17.6 Å². The summed E-state index contributed by atoms with van der Waals surface area (Å²) in [6.45, 7) is 0. The van der Waals surface area contributed by atoms with Crippen molar-refractivity contribution in [3.8, 4) is 0 Å². The largest absolute Gasteiger partial charge is 0.465 e. The van der Waals surface area contributed by atoms with Crippen molar-refractivity contribution in [3.63, 3.8) is 0 Å². The van der Waals surface area contributed by atoms with E-state index >= 15 is 0 Å². The van der Waals surface area contributed by atoms with Crippen molar-refractivity contribution in [3.05, 3.63) is 18.9 Å². The van der Waals surface area contributed by atoms with Crippen molar-refractivity contribution in [1.29, 1.82) is 0 Å². The molecular weight excluding hydrogens is 299 g/mol. The number of halogens is 1. The third-order valence-corrected chi connectivity index (χ3v) is 4.55. The molecule has 0 saturated heterocycles. The van der Waals surface area contributed by atoms with Gasteiger partial charge in [0, 0.05) is 4.88 Å². The van der Waals surface area contributed by atoms with Crippen LogP contribution in [0.3, 0.4) is 0 Å². The number of rotatable bonds is 1. The Morgan fingerprint density at radius 3 is 3.00 bits per heavy atom. The van der Waals surface area contributed by atoms with Crippen molar-refractivity contribution in [2.24, 2.45) is 0 Å². The highest BCUT2D eigenvalue weighted by Crippen LogP contribution is 2.36. The first-order valence-corrected chi connectivity index (χ1v) is 6.02. The number of hydrogen-bond donors (Lipinski definition) is 0. The maximum atomic E-state index is 11.4. The molecule has 0 fully saturated rings. The van der Waals surface area contributed by atoms with Crippen LogP contribution in [0.2, 0.25) is 0 Å². The molecule has 0 aliphatic heterocycles. The molecule has 13 heavy (non-hydrogen) atoms. The zero-order valence-corrected chi connectivity index (χ0v) is 10.2. The van der Waals surface area contributed by atoms with E-state index in [9.17, 15) is 4.79 Å². The van der Waals surface area contributed by atoms with E-state index in [2.05, 4.69) is 22.6 Å². The second-order valence-corrected chi connectivity index (χ2v) is 5.91. The Labute approximate surface area is 94.4 Å². The Morgan fingerprint density at radius 1 is 1.54 bits per heavy atom. The number of esters is 1. The van der Waals surface area contributed by atoms with Gasteiger partial charge >= 0.3 is 5.97 Å². The van der Waals surface area contributed by atoms with Crippen LogP contribution in [0.25, 0.3) is 0 Å². The van der Waals surface area contributed by atoms with Gasteiger partial charge in [-0.3, -0.25) is 0 Å². The molecule has 1 heterocycles. The molecule has 1 aliphatic carbocycles. The van der Waals surface area contributed by atoms with Crippen LogP contribution in [0.5, 0.6) is 0 Å². The average Bonchev–Trinajstić information content (AvgIpc) is 2.62. The minimum atomic E-state index is -0.177. The first-order valence-electron chi connectivity index (χ1n) is 4.12. The molecule has 4 heteroatoms. The van der Waals surface area contributed by atoms with Crippen LogP contribution in [-0.4, -0.2) is 13.1 Å². The van der Waals surface area contributed by atoms with Gasteiger partial charge in [-0.15, -0.1) is 11.3 Å². The number of carbonyl (C=O) groups is 1. The molecule has 0 unspecified atom stereocenters. The normalized spacial score (nSPS) is 14.3. The summed E-state index contributed by atoms with van der Waals surface area (Å²) in [5.74, 6) is -0.177. The third kappa shape index (κ3) is 1.50. The summed E-state index contributed by atoms with van der Waals surface area (Å²) in [7, 11) is 1.44. The molecule has 1 aromatic rings. The lowest BCUT2D eigenvalue weighted by atomic mass is 10.1. The lowest BCUT2D eigenvalue weighted by Gasteiger charge is -1.99. The summed E-state index contributed by atoms with van der Waals surface area (Å²) in [4.78, 5) is 12.8. The molecule has 1 aromatic heterocycles. The van der Waals surface area contributed by atoms with E-state index < -0.39 is 0 Å². The van der Waals surface area contributed by atoms with Gasteiger partial charge < -0.3 is 4.74 Å². The van der Waals surface area contributed by atoms with E-state index in [4.69, 9.17) is 4.74 Å². The summed E-state index contributed by atoms with van der Waals surface area (Å²) in [5.41, 5.74) is 2.06. The van der Waals surface area contributed by atoms with Crippen LogP contribution >= 0.6 is 33.9 Å². The molecule has 0 saturated carbocycles. The van der Waals surface area contributed by atoms with Crippen molar-refractivity contribution >= 4 is 39.9 Å². The van der Waals surface area contributed by atoms with Gasteiger partial charge in [0.1, 0.15) is 0 Å². The molecule has 1 aliphatic rings. The Kier molecular flexibility index (Phi) is 2.60. The highest BCUT2D eigenvalue weighted by molar-refractivity contribution is 14.1. The Bertz CT molecular complexity index is 357. The summed E-state index contributed by atoms with van der Waals surface area (Å²) in [6, 6.07) is 0. The van der Waals surface area contributed by atoms with Crippen LogP contribution in [0.4, 0.5) is 0 Å². The predicted octanol–water partition coefficient (Wildman–Crippen LogP) is 2.63. The molecule has 2 rings (SSSR count). The van der Waals surface area contributed by atoms with Crippen LogP contribution in [0, 0.1) is 2.88 Å². The third-order valence-electron chi connectivity index (χ3n) is 2.27. The monoisotopic (exact) mass is 308 g/mol. The van der Waals surface area contributed by atoms with E-state index in [1.165, 1.54) is 24.0 Å². The first kappa shape index (κ1) is 9.45. The number of carbonyl (C=O) groups excluding carboxylic acids is 1. The predicted molar refractivity (Wildman–Crippen MR) is 60.4 cm³/mol. The van der Waals surface area contributed by atoms with Gasteiger partial charge in [0.25, 0.3) is 0 Å². The van der Waals surface area contributed by atoms with Crippen molar-refractivity contribution in [2.75, 3.05) is 7.11 Å². The van der Waals surface area contributed by atoms with Gasteiger partial charge in [0.2, 0.25) is 0 Å². The van der Waals surface area contributed by atoms with E-state index in [0.29, 0.717) is 0 Å². The van der Waals surface area contributed by atoms with E-state index in [0.717, 1.165) is 21.3 Å². The van der Waals surface area contributed by atoms with Gasteiger partial charge in [-0.1, -0.05) is 0 Å². The van der Waals surface area contributed by atoms with Gasteiger partial charge in [0.05, 0.1) is 15.6 Å². The Balaban J connectivity index is 2.50. The number of aryl methyl sites for hydroxylation is 1. The quantitative estimate of drug-likeness (QED) is 0.589. The number of methoxy groups -OCH3 is 1. The molecule has 0 radical (unpaired) electrons. The van der Waals surface area contributed by atoms with E-state index in [-0.39, 0.29) is 5.97 Å². The fourth-order valence-corrected chi connectivity index (χ4v) is 4.12. The fourth-order valence-electron chi connectivity index (χ4n) is 1.68. The smallest absolute Gasteiger partial charge is 0.340 e. The van der Waals surface area contributed by atoms with Crippen molar-refractivity contribution in [1.82, 2.24) is 0 Å². The molecule has 0 amide bonds. The summed E-state index contributed by atoms with van der Waals surface area (Å²) in [5, 5.41) is 0.